The first-order valence-electron chi connectivity index (χ1n) is 7.79. The van der Waals surface area contributed by atoms with Gasteiger partial charge in [0.1, 0.15) is 5.69 Å². The third kappa shape index (κ3) is 3.91. The normalized spacial score (nSPS) is 15.7. The number of rotatable bonds is 5. The standard InChI is InChI=1S/C16H21N3O3S.ClH/c1-13-16(11-18-22-13)19(12-14-7-9-17-10-8-14)23(20,21)15-5-3-2-4-6-15;/h2-6,11,14,17H,7-10,12H2,1H3;1H. The molecular formula is C16H22ClN3O3S. The molecule has 0 saturated carbocycles. The molecule has 0 spiro atoms. The van der Waals surface area contributed by atoms with Gasteiger partial charge in [-0.1, -0.05) is 23.4 Å². The summed E-state index contributed by atoms with van der Waals surface area (Å²) in [7, 11) is -3.63. The molecule has 1 aliphatic rings. The lowest BCUT2D eigenvalue weighted by Crippen LogP contribution is -2.39. The minimum Gasteiger partial charge on any atom is -0.359 e. The molecule has 1 fully saturated rings. The second-order valence-electron chi connectivity index (χ2n) is 5.81. The van der Waals surface area contributed by atoms with Crippen molar-refractivity contribution in [1.29, 1.82) is 0 Å². The van der Waals surface area contributed by atoms with Crippen molar-refractivity contribution in [2.24, 2.45) is 5.92 Å². The van der Waals surface area contributed by atoms with Crippen molar-refractivity contribution < 1.29 is 12.9 Å². The Labute approximate surface area is 148 Å². The molecule has 6 nitrogen and oxygen atoms in total. The van der Waals surface area contributed by atoms with Gasteiger partial charge in [0.2, 0.25) is 0 Å². The number of sulfonamides is 1. The van der Waals surface area contributed by atoms with Crippen molar-refractivity contribution in [1.82, 2.24) is 10.5 Å². The van der Waals surface area contributed by atoms with Crippen LogP contribution in [0.25, 0.3) is 0 Å². The van der Waals surface area contributed by atoms with E-state index in [0.717, 1.165) is 25.9 Å². The number of hydrogen-bond acceptors (Lipinski definition) is 5. The van der Waals surface area contributed by atoms with Crippen LogP contribution in [0.1, 0.15) is 18.6 Å². The molecule has 0 radical (unpaired) electrons. The van der Waals surface area contributed by atoms with Crippen LogP contribution in [-0.4, -0.2) is 33.2 Å². The van der Waals surface area contributed by atoms with Crippen molar-refractivity contribution >= 4 is 28.1 Å². The molecule has 0 aliphatic carbocycles. The van der Waals surface area contributed by atoms with Crippen LogP contribution in [-0.2, 0) is 10.0 Å². The first-order valence-corrected chi connectivity index (χ1v) is 9.23. The number of hydrogen-bond donors (Lipinski definition) is 1. The van der Waals surface area contributed by atoms with Crippen molar-refractivity contribution in [3.63, 3.8) is 0 Å². The minimum atomic E-state index is -3.63. The largest absolute Gasteiger partial charge is 0.359 e. The molecular weight excluding hydrogens is 350 g/mol. The average Bonchev–Trinajstić information content (AvgIpc) is 3.00. The van der Waals surface area contributed by atoms with Crippen LogP contribution in [0.2, 0.25) is 0 Å². The molecule has 0 atom stereocenters. The topological polar surface area (TPSA) is 75.4 Å². The van der Waals surface area contributed by atoms with Crippen molar-refractivity contribution in [2.45, 2.75) is 24.7 Å². The van der Waals surface area contributed by atoms with Gasteiger partial charge >= 0.3 is 0 Å². The fourth-order valence-electron chi connectivity index (χ4n) is 2.88. The summed E-state index contributed by atoms with van der Waals surface area (Å²) >= 11 is 0. The number of anilines is 1. The summed E-state index contributed by atoms with van der Waals surface area (Å²) in [5, 5.41) is 7.06. The molecule has 1 aliphatic heterocycles. The molecule has 0 amide bonds. The molecule has 1 aromatic heterocycles. The van der Waals surface area contributed by atoms with E-state index >= 15 is 0 Å². The number of nitrogens with one attached hydrogen (secondary N) is 1. The Morgan fingerprint density at radius 1 is 1.25 bits per heavy atom. The third-order valence-electron chi connectivity index (χ3n) is 4.21. The van der Waals surface area contributed by atoms with Gasteiger partial charge in [-0.2, -0.15) is 0 Å². The van der Waals surface area contributed by atoms with Crippen LogP contribution in [0, 0.1) is 12.8 Å². The van der Waals surface area contributed by atoms with E-state index in [0.29, 0.717) is 23.9 Å². The quantitative estimate of drug-likeness (QED) is 0.874. The molecule has 0 bridgehead atoms. The van der Waals surface area contributed by atoms with Gasteiger partial charge in [0.25, 0.3) is 10.0 Å². The maximum atomic E-state index is 13.1. The van der Waals surface area contributed by atoms with Crippen molar-refractivity contribution in [3.05, 3.63) is 42.3 Å². The third-order valence-corrected chi connectivity index (χ3v) is 6.00. The fraction of sp³-hybridized carbons (Fsp3) is 0.438. The van der Waals surface area contributed by atoms with Crippen LogP contribution in [0.15, 0.2) is 45.9 Å². The molecule has 2 heterocycles. The smallest absolute Gasteiger partial charge is 0.264 e. The highest BCUT2D eigenvalue weighted by molar-refractivity contribution is 7.92. The number of aryl methyl sites for hydroxylation is 1. The molecule has 0 unspecified atom stereocenters. The fourth-order valence-corrected chi connectivity index (χ4v) is 4.47. The highest BCUT2D eigenvalue weighted by atomic mass is 35.5. The highest BCUT2D eigenvalue weighted by Crippen LogP contribution is 2.29. The molecule has 24 heavy (non-hydrogen) atoms. The number of benzene rings is 1. The Hall–Kier alpha value is -1.57. The molecule has 1 saturated heterocycles. The van der Waals surface area contributed by atoms with E-state index in [4.69, 9.17) is 4.52 Å². The second-order valence-corrected chi connectivity index (χ2v) is 7.67. The van der Waals surface area contributed by atoms with Gasteiger partial charge in [-0.15, -0.1) is 12.4 Å². The Morgan fingerprint density at radius 3 is 2.50 bits per heavy atom. The lowest BCUT2D eigenvalue weighted by Gasteiger charge is -2.30. The second kappa shape index (κ2) is 8.00. The summed E-state index contributed by atoms with van der Waals surface area (Å²) < 4.78 is 32.7. The van der Waals surface area contributed by atoms with Crippen LogP contribution in [0.5, 0.6) is 0 Å². The molecule has 3 rings (SSSR count). The zero-order valence-electron chi connectivity index (χ0n) is 13.5. The monoisotopic (exact) mass is 371 g/mol. The highest BCUT2D eigenvalue weighted by Gasteiger charge is 2.30. The number of nitrogens with zero attached hydrogens (tertiary/aromatic N) is 2. The maximum Gasteiger partial charge on any atom is 0.264 e. The predicted molar refractivity (Wildman–Crippen MR) is 95.1 cm³/mol. The lowest BCUT2D eigenvalue weighted by atomic mass is 9.98. The summed E-state index contributed by atoms with van der Waals surface area (Å²) in [4.78, 5) is 0.287. The van der Waals surface area contributed by atoms with Crippen LogP contribution < -0.4 is 9.62 Å². The van der Waals surface area contributed by atoms with E-state index in [1.54, 1.807) is 37.3 Å². The molecule has 132 valence electrons. The zero-order valence-corrected chi connectivity index (χ0v) is 15.1. The summed E-state index contributed by atoms with van der Waals surface area (Å²) in [5.41, 5.74) is 0.521. The van der Waals surface area contributed by atoms with E-state index in [1.165, 1.54) is 10.5 Å². The maximum absolute atomic E-state index is 13.1. The molecule has 2 aromatic rings. The SMILES string of the molecule is Cc1oncc1N(CC1CCNCC1)S(=O)(=O)c1ccccc1.Cl. The van der Waals surface area contributed by atoms with Crippen LogP contribution >= 0.6 is 12.4 Å². The predicted octanol–water partition coefficient (Wildman–Crippen LogP) is 2.60. The van der Waals surface area contributed by atoms with Gasteiger partial charge in [0.05, 0.1) is 11.1 Å². The van der Waals surface area contributed by atoms with Crippen molar-refractivity contribution in [3.8, 4) is 0 Å². The van der Waals surface area contributed by atoms with Crippen LogP contribution in [0.3, 0.4) is 0 Å². The van der Waals surface area contributed by atoms with Gasteiger partial charge in [-0.25, -0.2) is 8.42 Å². The summed E-state index contributed by atoms with van der Waals surface area (Å²) in [5.74, 6) is 0.836. The molecule has 1 N–H and O–H groups in total. The zero-order chi connectivity index (χ0) is 16.3. The first kappa shape index (κ1) is 18.8. The van der Waals surface area contributed by atoms with Crippen molar-refractivity contribution in [2.75, 3.05) is 23.9 Å². The number of piperidine rings is 1. The van der Waals surface area contributed by atoms with Gasteiger partial charge in [0, 0.05) is 6.54 Å². The minimum absolute atomic E-state index is 0. The summed E-state index contributed by atoms with van der Waals surface area (Å²) in [6, 6.07) is 8.51. The van der Waals surface area contributed by atoms with Gasteiger partial charge in [0.15, 0.2) is 5.76 Å². The molecule has 1 aromatic carbocycles. The summed E-state index contributed by atoms with van der Waals surface area (Å²) in [6.07, 6.45) is 3.41. The number of aromatic nitrogens is 1. The first-order chi connectivity index (χ1) is 11.1. The van der Waals surface area contributed by atoms with E-state index in [9.17, 15) is 8.42 Å². The van der Waals surface area contributed by atoms with E-state index in [-0.39, 0.29) is 17.3 Å². The van der Waals surface area contributed by atoms with Gasteiger partial charge in [-0.05, 0) is 50.9 Å². The van der Waals surface area contributed by atoms with E-state index in [2.05, 4.69) is 10.5 Å². The van der Waals surface area contributed by atoms with E-state index in [1.807, 2.05) is 0 Å². The summed E-state index contributed by atoms with van der Waals surface area (Å²) in [6.45, 7) is 4.03. The lowest BCUT2D eigenvalue weighted by molar-refractivity contribution is 0.380. The Morgan fingerprint density at radius 2 is 1.92 bits per heavy atom. The van der Waals surface area contributed by atoms with Gasteiger partial charge < -0.3 is 9.84 Å². The van der Waals surface area contributed by atoms with Gasteiger partial charge in [-0.3, -0.25) is 4.31 Å². The van der Waals surface area contributed by atoms with E-state index < -0.39 is 10.0 Å². The van der Waals surface area contributed by atoms with Crippen LogP contribution in [0.4, 0.5) is 5.69 Å². The average molecular weight is 372 g/mol. The number of halogens is 1. The Balaban J connectivity index is 0.00000208. The Kier molecular flexibility index (Phi) is 6.26. The Bertz CT molecular complexity index is 743. The molecule has 8 heteroatoms.